The second-order valence-corrected chi connectivity index (χ2v) is 3.94. The Kier molecular flexibility index (Phi) is 3.74. The number of amides is 1. The zero-order valence-electron chi connectivity index (χ0n) is 11.0. The van der Waals surface area contributed by atoms with E-state index < -0.39 is 5.91 Å². The molecule has 0 spiro atoms. The van der Waals surface area contributed by atoms with Gasteiger partial charge in [-0.15, -0.1) is 0 Å². The molecule has 1 aromatic heterocycles. The topological polar surface area (TPSA) is 91.8 Å². The van der Waals surface area contributed by atoms with Crippen molar-refractivity contribution in [2.75, 3.05) is 14.2 Å². The van der Waals surface area contributed by atoms with Gasteiger partial charge in [0.2, 0.25) is 5.91 Å². The number of primary amides is 1. The molecule has 2 aromatic rings. The van der Waals surface area contributed by atoms with E-state index >= 15 is 0 Å². The molecule has 20 heavy (non-hydrogen) atoms. The fourth-order valence-electron chi connectivity index (χ4n) is 1.85. The molecule has 2 rings (SSSR count). The number of ether oxygens (including phenoxy) is 2. The molecular formula is C14H13NO5. The molecule has 104 valence electrons. The lowest BCUT2D eigenvalue weighted by Crippen LogP contribution is -2.12. The molecule has 6 heteroatoms. The number of methoxy groups -OCH3 is 2. The lowest BCUT2D eigenvalue weighted by Gasteiger charge is -2.11. The molecule has 0 aliphatic carbocycles. The molecule has 0 aliphatic heterocycles. The SMILES string of the molecule is COc1cc(C(N)=O)c(-c2ccc(C=O)o2)cc1OC. The summed E-state index contributed by atoms with van der Waals surface area (Å²) in [6.45, 7) is 0. The summed E-state index contributed by atoms with van der Waals surface area (Å²) in [5.41, 5.74) is 6.01. The van der Waals surface area contributed by atoms with E-state index in [0.717, 1.165) is 0 Å². The van der Waals surface area contributed by atoms with Crippen molar-refractivity contribution in [1.29, 1.82) is 0 Å². The number of hydrogen-bond acceptors (Lipinski definition) is 5. The minimum Gasteiger partial charge on any atom is -0.493 e. The van der Waals surface area contributed by atoms with Gasteiger partial charge in [-0.1, -0.05) is 0 Å². The minimum atomic E-state index is -0.634. The summed E-state index contributed by atoms with van der Waals surface area (Å²) in [7, 11) is 2.93. The molecule has 2 N–H and O–H groups in total. The van der Waals surface area contributed by atoms with Crippen LogP contribution in [-0.4, -0.2) is 26.4 Å². The molecule has 0 saturated heterocycles. The van der Waals surface area contributed by atoms with E-state index in [-0.39, 0.29) is 11.3 Å². The zero-order chi connectivity index (χ0) is 14.7. The highest BCUT2D eigenvalue weighted by molar-refractivity contribution is 6.00. The summed E-state index contributed by atoms with van der Waals surface area (Å²) in [6.07, 6.45) is 0.578. The Morgan fingerprint density at radius 1 is 1.20 bits per heavy atom. The fourth-order valence-corrected chi connectivity index (χ4v) is 1.85. The number of rotatable bonds is 5. The van der Waals surface area contributed by atoms with Gasteiger partial charge in [-0.2, -0.15) is 0 Å². The van der Waals surface area contributed by atoms with Crippen LogP contribution >= 0.6 is 0 Å². The predicted octanol–water partition coefficient (Wildman–Crippen LogP) is 1.88. The summed E-state index contributed by atoms with van der Waals surface area (Å²) in [6, 6.07) is 6.13. The molecule has 0 bridgehead atoms. The van der Waals surface area contributed by atoms with E-state index in [9.17, 15) is 9.59 Å². The van der Waals surface area contributed by atoms with Crippen LogP contribution in [-0.2, 0) is 0 Å². The Hall–Kier alpha value is -2.76. The van der Waals surface area contributed by atoms with Gasteiger partial charge in [0.1, 0.15) is 5.76 Å². The molecule has 0 aliphatic rings. The highest BCUT2D eigenvalue weighted by Crippen LogP contribution is 2.36. The number of hydrogen-bond donors (Lipinski definition) is 1. The van der Waals surface area contributed by atoms with Crippen LogP contribution in [0.1, 0.15) is 20.9 Å². The fraction of sp³-hybridized carbons (Fsp3) is 0.143. The number of benzene rings is 1. The number of carbonyl (C=O) groups excluding carboxylic acids is 2. The molecule has 1 amide bonds. The van der Waals surface area contributed by atoms with Gasteiger partial charge in [-0.3, -0.25) is 9.59 Å². The van der Waals surface area contributed by atoms with Crippen molar-refractivity contribution in [3.63, 3.8) is 0 Å². The summed E-state index contributed by atoms with van der Waals surface area (Å²) >= 11 is 0. The number of furan rings is 1. The minimum absolute atomic E-state index is 0.158. The first-order chi connectivity index (χ1) is 9.60. The van der Waals surface area contributed by atoms with Crippen molar-refractivity contribution in [1.82, 2.24) is 0 Å². The normalized spacial score (nSPS) is 10.1. The third-order valence-electron chi connectivity index (χ3n) is 2.80. The first-order valence-electron chi connectivity index (χ1n) is 5.72. The molecule has 6 nitrogen and oxygen atoms in total. The van der Waals surface area contributed by atoms with E-state index in [4.69, 9.17) is 19.6 Å². The Bertz CT molecular complexity index is 660. The summed E-state index contributed by atoms with van der Waals surface area (Å²) < 4.78 is 15.6. The summed E-state index contributed by atoms with van der Waals surface area (Å²) in [4.78, 5) is 22.2. The average Bonchev–Trinajstić information content (AvgIpc) is 2.94. The standard InChI is InChI=1S/C14H13NO5/c1-18-12-5-9(11-4-3-8(7-16)20-11)10(14(15)17)6-13(12)19-2/h3-7H,1-2H3,(H2,15,17). The van der Waals surface area contributed by atoms with Crippen molar-refractivity contribution >= 4 is 12.2 Å². The van der Waals surface area contributed by atoms with Crippen molar-refractivity contribution in [3.8, 4) is 22.8 Å². The van der Waals surface area contributed by atoms with Gasteiger partial charge in [0.05, 0.1) is 19.8 Å². The van der Waals surface area contributed by atoms with Gasteiger partial charge >= 0.3 is 0 Å². The highest BCUT2D eigenvalue weighted by Gasteiger charge is 2.18. The number of aldehydes is 1. The number of nitrogens with two attached hydrogens (primary N) is 1. The summed E-state index contributed by atoms with van der Waals surface area (Å²) in [5.74, 6) is 0.681. The van der Waals surface area contributed by atoms with E-state index in [1.54, 1.807) is 12.1 Å². The van der Waals surface area contributed by atoms with E-state index in [2.05, 4.69) is 0 Å². The zero-order valence-corrected chi connectivity index (χ0v) is 11.0. The van der Waals surface area contributed by atoms with E-state index in [1.807, 2.05) is 0 Å². The predicted molar refractivity (Wildman–Crippen MR) is 71.2 cm³/mol. The second-order valence-electron chi connectivity index (χ2n) is 3.94. The van der Waals surface area contributed by atoms with Crippen LogP contribution in [0.4, 0.5) is 0 Å². The lowest BCUT2D eigenvalue weighted by atomic mass is 10.0. The molecule has 0 radical (unpaired) electrons. The maximum absolute atomic E-state index is 11.6. The van der Waals surface area contributed by atoms with Crippen LogP contribution in [0.2, 0.25) is 0 Å². The second kappa shape index (κ2) is 5.48. The monoisotopic (exact) mass is 275 g/mol. The first kappa shape index (κ1) is 13.7. The Morgan fingerprint density at radius 2 is 1.85 bits per heavy atom. The van der Waals surface area contributed by atoms with Gasteiger partial charge in [-0.25, -0.2) is 0 Å². The molecular weight excluding hydrogens is 262 g/mol. The Labute approximate surface area is 115 Å². The van der Waals surface area contributed by atoms with Gasteiger partial charge in [0.25, 0.3) is 0 Å². The van der Waals surface area contributed by atoms with Gasteiger partial charge in [0.15, 0.2) is 23.5 Å². The molecule has 0 atom stereocenters. The first-order valence-corrected chi connectivity index (χ1v) is 5.72. The third kappa shape index (κ3) is 2.35. The van der Waals surface area contributed by atoms with Crippen molar-refractivity contribution in [2.45, 2.75) is 0 Å². The quantitative estimate of drug-likeness (QED) is 0.841. The maximum atomic E-state index is 11.6. The van der Waals surface area contributed by atoms with Crippen molar-refractivity contribution in [3.05, 3.63) is 35.6 Å². The van der Waals surface area contributed by atoms with Crippen LogP contribution in [0.3, 0.4) is 0 Å². The number of carbonyl (C=O) groups is 2. The van der Waals surface area contributed by atoms with Gasteiger partial charge < -0.3 is 19.6 Å². The van der Waals surface area contributed by atoms with Crippen molar-refractivity contribution in [2.24, 2.45) is 5.73 Å². The third-order valence-corrected chi connectivity index (χ3v) is 2.80. The van der Waals surface area contributed by atoms with E-state index in [1.165, 1.54) is 26.4 Å². The molecule has 0 fully saturated rings. The van der Waals surface area contributed by atoms with E-state index in [0.29, 0.717) is 29.1 Å². The lowest BCUT2D eigenvalue weighted by molar-refractivity contribution is 0.1000. The van der Waals surface area contributed by atoms with Crippen LogP contribution in [0.25, 0.3) is 11.3 Å². The van der Waals surface area contributed by atoms with Crippen LogP contribution in [0, 0.1) is 0 Å². The van der Waals surface area contributed by atoms with Crippen LogP contribution in [0.5, 0.6) is 11.5 Å². The molecule has 0 unspecified atom stereocenters. The maximum Gasteiger partial charge on any atom is 0.249 e. The average molecular weight is 275 g/mol. The van der Waals surface area contributed by atoms with Gasteiger partial charge in [0, 0.05) is 5.56 Å². The largest absolute Gasteiger partial charge is 0.493 e. The van der Waals surface area contributed by atoms with Gasteiger partial charge in [-0.05, 0) is 24.3 Å². The summed E-state index contributed by atoms with van der Waals surface area (Å²) in [5, 5.41) is 0. The molecule has 1 heterocycles. The van der Waals surface area contributed by atoms with Crippen LogP contribution < -0.4 is 15.2 Å². The van der Waals surface area contributed by atoms with Crippen LogP contribution in [0.15, 0.2) is 28.7 Å². The Morgan fingerprint density at radius 3 is 2.35 bits per heavy atom. The Balaban J connectivity index is 2.66. The molecule has 1 aromatic carbocycles. The smallest absolute Gasteiger partial charge is 0.249 e. The molecule has 0 saturated carbocycles. The highest BCUT2D eigenvalue weighted by atomic mass is 16.5. The van der Waals surface area contributed by atoms with Crippen molar-refractivity contribution < 1.29 is 23.5 Å².